The van der Waals surface area contributed by atoms with E-state index in [-0.39, 0.29) is 0 Å². The van der Waals surface area contributed by atoms with Gasteiger partial charge in [0.05, 0.1) is 5.60 Å². The first kappa shape index (κ1) is 19.2. The van der Waals surface area contributed by atoms with Crippen molar-refractivity contribution in [1.82, 2.24) is 0 Å². The van der Waals surface area contributed by atoms with Crippen LogP contribution in [0.25, 0.3) is 0 Å². The number of halogens is 8. The lowest BCUT2D eigenvalue weighted by atomic mass is 9.71. The number of hydrogen-bond acceptors (Lipinski definition) is 1. The molecule has 0 bridgehead atoms. The molecule has 3 atom stereocenters. The van der Waals surface area contributed by atoms with Crippen molar-refractivity contribution >= 4 is 0 Å². The van der Waals surface area contributed by atoms with Gasteiger partial charge in [-0.15, -0.1) is 0 Å². The summed E-state index contributed by atoms with van der Waals surface area (Å²) in [6, 6.07) is 0. The third-order valence-electron chi connectivity index (χ3n) is 5.79. The van der Waals surface area contributed by atoms with Crippen LogP contribution in [0.5, 0.6) is 0 Å². The van der Waals surface area contributed by atoms with Crippen LogP contribution in [0, 0.1) is 5.92 Å². The highest BCUT2D eigenvalue weighted by atomic mass is 19.4. The van der Waals surface area contributed by atoms with Gasteiger partial charge in [0, 0.05) is 6.42 Å². The van der Waals surface area contributed by atoms with Crippen LogP contribution in [0.3, 0.4) is 0 Å². The Kier molecular flexibility index (Phi) is 5.01. The summed E-state index contributed by atoms with van der Waals surface area (Å²) in [5.74, 6) is -0.712. The molecule has 9 heteroatoms. The first-order valence-electron chi connectivity index (χ1n) is 8.89. The smallest absolute Gasteiger partial charge is 0.389 e. The Labute approximate surface area is 142 Å². The standard InChI is InChI=1S/C16H22F8O/c17-13(15(19,20)21)9-5-8-12(25,10-14(13,18)16(22,23)24)11-6-3-1-2-4-7-11/h11,25H,1-10H2/i25D. The van der Waals surface area contributed by atoms with Crippen LogP contribution in [0.4, 0.5) is 35.1 Å². The Hall–Kier alpha value is -0.600. The summed E-state index contributed by atoms with van der Waals surface area (Å²) >= 11 is 0. The van der Waals surface area contributed by atoms with Crippen molar-refractivity contribution in [3.05, 3.63) is 0 Å². The van der Waals surface area contributed by atoms with Crippen molar-refractivity contribution in [2.75, 3.05) is 0 Å². The molecule has 1 N–H and O–H groups in total. The van der Waals surface area contributed by atoms with Crippen LogP contribution in [0.1, 0.15) is 64.2 Å². The number of hydrogen-bond donors (Lipinski definition) is 1. The molecule has 0 spiro atoms. The van der Waals surface area contributed by atoms with E-state index in [9.17, 15) is 30.7 Å². The molecule has 2 fully saturated rings. The third-order valence-corrected chi connectivity index (χ3v) is 5.79. The Balaban J connectivity index is 2.53. The second-order valence-electron chi connectivity index (χ2n) is 7.38. The molecule has 1 nitrogen and oxygen atoms in total. The summed E-state index contributed by atoms with van der Waals surface area (Å²) in [5, 5.41) is 4.53. The Bertz CT molecular complexity index is 488. The van der Waals surface area contributed by atoms with Gasteiger partial charge < -0.3 is 5.11 Å². The van der Waals surface area contributed by atoms with E-state index in [1.807, 2.05) is 0 Å². The second-order valence-corrected chi connectivity index (χ2v) is 7.38. The quantitative estimate of drug-likeness (QED) is 0.472. The van der Waals surface area contributed by atoms with Gasteiger partial charge in [-0.05, 0) is 38.0 Å². The van der Waals surface area contributed by atoms with Gasteiger partial charge >= 0.3 is 12.4 Å². The van der Waals surface area contributed by atoms with Crippen molar-refractivity contribution in [2.24, 2.45) is 5.92 Å². The number of aliphatic hydroxyl groups is 1. The molecule has 0 aromatic heterocycles. The van der Waals surface area contributed by atoms with Gasteiger partial charge in [-0.2, -0.15) is 26.3 Å². The molecule has 2 saturated carbocycles. The molecule has 25 heavy (non-hydrogen) atoms. The maximum absolute atomic E-state index is 15.0. The van der Waals surface area contributed by atoms with Crippen molar-refractivity contribution in [2.45, 2.75) is 93.5 Å². The zero-order valence-electron chi connectivity index (χ0n) is 14.6. The minimum absolute atomic E-state index is 0.318. The van der Waals surface area contributed by atoms with Gasteiger partial charge in [0.2, 0.25) is 7.10 Å². The largest absolute Gasteiger partial charge is 0.426 e. The fourth-order valence-corrected chi connectivity index (χ4v) is 4.32. The maximum atomic E-state index is 15.0. The first-order chi connectivity index (χ1) is 11.8. The average molecular weight is 383 g/mol. The number of alkyl halides is 8. The van der Waals surface area contributed by atoms with Crippen molar-refractivity contribution in [1.29, 1.82) is 1.43 Å². The summed E-state index contributed by atoms with van der Waals surface area (Å²) in [6.45, 7) is 0. The zero-order chi connectivity index (χ0) is 19.9. The van der Waals surface area contributed by atoms with Crippen LogP contribution in [-0.4, -0.2) is 35.8 Å². The predicted molar refractivity (Wildman–Crippen MR) is 74.4 cm³/mol. The molecule has 2 aliphatic carbocycles. The minimum atomic E-state index is -6.09. The van der Waals surface area contributed by atoms with Crippen molar-refractivity contribution in [3.63, 3.8) is 0 Å². The zero-order valence-corrected chi connectivity index (χ0v) is 13.6. The highest BCUT2D eigenvalue weighted by molar-refractivity contribution is 5.15. The van der Waals surface area contributed by atoms with Crippen LogP contribution in [0.15, 0.2) is 0 Å². The van der Waals surface area contributed by atoms with Gasteiger partial charge in [0.25, 0.3) is 5.67 Å². The Morgan fingerprint density at radius 2 is 1.28 bits per heavy atom. The first-order valence-corrected chi connectivity index (χ1v) is 8.49. The molecule has 0 aromatic rings. The fourth-order valence-electron chi connectivity index (χ4n) is 4.32. The van der Waals surface area contributed by atoms with Gasteiger partial charge in [-0.1, -0.05) is 25.7 Å². The van der Waals surface area contributed by atoms with Gasteiger partial charge in [0.15, 0.2) is 0 Å². The van der Waals surface area contributed by atoms with E-state index in [0.29, 0.717) is 25.7 Å². The van der Waals surface area contributed by atoms with Crippen molar-refractivity contribution in [3.8, 4) is 0 Å². The van der Waals surface area contributed by atoms with Crippen LogP contribution in [-0.2, 0) is 0 Å². The minimum Gasteiger partial charge on any atom is -0.389 e. The highest BCUT2D eigenvalue weighted by Crippen LogP contribution is 2.60. The molecular formula is C16H22F8O. The molecule has 0 heterocycles. The van der Waals surface area contributed by atoms with Crippen LogP contribution >= 0.6 is 0 Å². The van der Waals surface area contributed by atoms with E-state index in [0.717, 1.165) is 12.8 Å². The van der Waals surface area contributed by atoms with Gasteiger partial charge in [-0.3, -0.25) is 0 Å². The van der Waals surface area contributed by atoms with Gasteiger partial charge in [0.1, 0.15) is 0 Å². The van der Waals surface area contributed by atoms with Crippen molar-refractivity contribution < 1.29 is 40.2 Å². The van der Waals surface area contributed by atoms with E-state index in [4.69, 9.17) is 1.43 Å². The summed E-state index contributed by atoms with van der Waals surface area (Å²) in [4.78, 5) is 0. The molecular weight excluding hydrogens is 360 g/mol. The third kappa shape index (κ3) is 3.49. The topological polar surface area (TPSA) is 20.2 Å². The maximum Gasteiger partial charge on any atom is 0.426 e. The van der Waals surface area contributed by atoms with E-state index in [2.05, 4.69) is 5.11 Å². The lowest BCUT2D eigenvalue weighted by molar-refractivity contribution is -0.350. The summed E-state index contributed by atoms with van der Waals surface area (Å²) in [7, 11) is 0. The SMILES string of the molecule is [2H]OC1(C2CCCCCC2)CCCC(F)(C(F)(F)F)C(F)(C(F)(F)F)C1. The van der Waals surface area contributed by atoms with Crippen LogP contribution in [0.2, 0.25) is 0 Å². The van der Waals surface area contributed by atoms with E-state index >= 15 is 4.39 Å². The van der Waals surface area contributed by atoms with Gasteiger partial charge in [-0.25, -0.2) is 8.78 Å². The highest BCUT2D eigenvalue weighted by Gasteiger charge is 2.80. The molecule has 0 saturated heterocycles. The molecule has 0 radical (unpaired) electrons. The van der Waals surface area contributed by atoms with E-state index in [1.165, 1.54) is 0 Å². The number of rotatable bonds is 2. The Morgan fingerprint density at radius 1 is 0.760 bits per heavy atom. The lowest BCUT2D eigenvalue weighted by Gasteiger charge is -2.44. The summed E-state index contributed by atoms with van der Waals surface area (Å²) in [5.41, 5.74) is -12.3. The summed E-state index contributed by atoms with van der Waals surface area (Å²) < 4.78 is 117. The molecule has 0 aromatic carbocycles. The predicted octanol–water partition coefficient (Wildman–Crippen LogP) is 5.80. The molecule has 148 valence electrons. The molecule has 2 aliphatic rings. The average Bonchev–Trinajstić information content (AvgIpc) is 2.85. The Morgan fingerprint density at radius 3 is 1.72 bits per heavy atom. The van der Waals surface area contributed by atoms with Crippen LogP contribution < -0.4 is 0 Å². The van der Waals surface area contributed by atoms with E-state index < -0.39 is 60.9 Å². The normalized spacial score (nSPS) is 40.2. The summed E-state index contributed by atoms with van der Waals surface area (Å²) in [6.07, 6.45) is -13.3. The lowest BCUT2D eigenvalue weighted by Crippen LogP contribution is -2.66. The monoisotopic (exact) mass is 383 g/mol. The molecule has 2 rings (SSSR count). The second kappa shape index (κ2) is 6.53. The molecule has 0 amide bonds. The fraction of sp³-hybridized carbons (Fsp3) is 1.00. The van der Waals surface area contributed by atoms with E-state index in [1.54, 1.807) is 0 Å². The molecule has 3 unspecified atom stereocenters. The molecule has 0 aliphatic heterocycles.